The number of aromatic nitrogens is 2. The Balaban J connectivity index is 1.93. The maximum absolute atomic E-state index is 5.61. The number of hydrogen-bond donors (Lipinski definition) is 0. The van der Waals surface area contributed by atoms with Crippen LogP contribution in [0.2, 0.25) is 0 Å². The summed E-state index contributed by atoms with van der Waals surface area (Å²) in [7, 11) is 0. The van der Waals surface area contributed by atoms with E-state index in [1.165, 1.54) is 18.4 Å². The predicted molar refractivity (Wildman–Crippen MR) is 56.4 cm³/mol. The van der Waals surface area contributed by atoms with Crippen molar-refractivity contribution in [3.8, 4) is 11.5 Å². The van der Waals surface area contributed by atoms with Gasteiger partial charge >= 0.3 is 0 Å². The van der Waals surface area contributed by atoms with Gasteiger partial charge in [-0.15, -0.1) is 10.2 Å². The molecule has 0 bridgehead atoms. The van der Waals surface area contributed by atoms with Crippen LogP contribution in [0.5, 0.6) is 0 Å². The molecule has 15 heavy (non-hydrogen) atoms. The van der Waals surface area contributed by atoms with Crippen LogP contribution < -0.4 is 0 Å². The summed E-state index contributed by atoms with van der Waals surface area (Å²) >= 11 is 0. The molecule has 3 nitrogen and oxygen atoms in total. The van der Waals surface area contributed by atoms with Crippen LogP contribution in [0.3, 0.4) is 0 Å². The fourth-order valence-corrected chi connectivity index (χ4v) is 1.54. The summed E-state index contributed by atoms with van der Waals surface area (Å²) in [5, 5.41) is 8.12. The zero-order valence-electron chi connectivity index (χ0n) is 8.60. The van der Waals surface area contributed by atoms with Crippen LogP contribution in [0.1, 0.15) is 30.2 Å². The largest absolute Gasteiger partial charge is 0.420 e. The maximum atomic E-state index is 5.61. The standard InChI is InChI=1S/C12H12N2O/c1-8-2-4-9(5-3-8)11-13-14-12(15-11)10-6-7-10/h2-5,10H,6-7H2,1H3. The number of hydrogen-bond acceptors (Lipinski definition) is 3. The summed E-state index contributed by atoms with van der Waals surface area (Å²) in [6.07, 6.45) is 2.38. The quantitative estimate of drug-likeness (QED) is 0.748. The highest BCUT2D eigenvalue weighted by molar-refractivity contribution is 5.52. The van der Waals surface area contributed by atoms with Crippen LogP contribution >= 0.6 is 0 Å². The summed E-state index contributed by atoms with van der Waals surface area (Å²) in [4.78, 5) is 0. The molecule has 0 aliphatic heterocycles. The molecule has 0 spiro atoms. The zero-order chi connectivity index (χ0) is 10.3. The molecule has 2 aromatic rings. The Bertz CT molecular complexity index is 469. The molecule has 1 aliphatic carbocycles. The second kappa shape index (κ2) is 3.19. The minimum absolute atomic E-state index is 0.525. The molecular formula is C12H12N2O. The van der Waals surface area contributed by atoms with Gasteiger partial charge in [0.05, 0.1) is 0 Å². The lowest BCUT2D eigenvalue weighted by atomic mass is 10.1. The molecule has 0 unspecified atom stereocenters. The van der Waals surface area contributed by atoms with E-state index in [1.807, 2.05) is 12.1 Å². The lowest BCUT2D eigenvalue weighted by Crippen LogP contribution is -1.78. The van der Waals surface area contributed by atoms with Crippen LogP contribution in [0.15, 0.2) is 28.7 Å². The highest BCUT2D eigenvalue weighted by Gasteiger charge is 2.29. The third-order valence-corrected chi connectivity index (χ3v) is 2.67. The minimum atomic E-state index is 0.525. The van der Waals surface area contributed by atoms with E-state index >= 15 is 0 Å². The van der Waals surface area contributed by atoms with Crippen molar-refractivity contribution in [1.82, 2.24) is 10.2 Å². The average Bonchev–Trinajstić information content (AvgIpc) is 2.99. The van der Waals surface area contributed by atoms with E-state index in [-0.39, 0.29) is 0 Å². The number of aryl methyl sites for hydroxylation is 1. The molecule has 3 heteroatoms. The number of nitrogens with zero attached hydrogens (tertiary/aromatic N) is 2. The zero-order valence-corrected chi connectivity index (χ0v) is 8.60. The third kappa shape index (κ3) is 1.65. The van der Waals surface area contributed by atoms with Crippen molar-refractivity contribution in [1.29, 1.82) is 0 Å². The Morgan fingerprint density at radius 1 is 1.13 bits per heavy atom. The van der Waals surface area contributed by atoms with Gasteiger partial charge in [-0.05, 0) is 31.9 Å². The van der Waals surface area contributed by atoms with Crippen LogP contribution in [-0.2, 0) is 0 Å². The number of rotatable bonds is 2. The Hall–Kier alpha value is -1.64. The van der Waals surface area contributed by atoms with Gasteiger partial charge in [0.15, 0.2) is 0 Å². The van der Waals surface area contributed by atoms with Crippen molar-refractivity contribution in [3.05, 3.63) is 35.7 Å². The fraction of sp³-hybridized carbons (Fsp3) is 0.333. The SMILES string of the molecule is Cc1ccc(-c2nnc(C3CC3)o2)cc1. The van der Waals surface area contributed by atoms with Gasteiger partial charge in [0.25, 0.3) is 0 Å². The van der Waals surface area contributed by atoms with Gasteiger partial charge < -0.3 is 4.42 Å². The second-order valence-electron chi connectivity index (χ2n) is 4.09. The topological polar surface area (TPSA) is 38.9 Å². The van der Waals surface area contributed by atoms with Crippen LogP contribution in [-0.4, -0.2) is 10.2 Å². The van der Waals surface area contributed by atoms with Gasteiger partial charge in [-0.25, -0.2) is 0 Å². The first-order valence-electron chi connectivity index (χ1n) is 5.23. The van der Waals surface area contributed by atoms with Gasteiger partial charge in [0.1, 0.15) is 0 Å². The van der Waals surface area contributed by atoms with Crippen molar-refractivity contribution < 1.29 is 4.42 Å². The predicted octanol–water partition coefficient (Wildman–Crippen LogP) is 2.92. The first-order chi connectivity index (χ1) is 7.33. The highest BCUT2D eigenvalue weighted by Crippen LogP contribution is 2.39. The Kier molecular flexibility index (Phi) is 1.84. The Morgan fingerprint density at radius 2 is 1.87 bits per heavy atom. The van der Waals surface area contributed by atoms with Gasteiger partial charge in [-0.1, -0.05) is 17.7 Å². The first-order valence-corrected chi connectivity index (χ1v) is 5.23. The molecule has 0 amide bonds. The molecule has 0 N–H and O–H groups in total. The molecule has 1 aromatic heterocycles. The molecule has 0 atom stereocenters. The molecule has 0 saturated heterocycles. The number of benzene rings is 1. The van der Waals surface area contributed by atoms with E-state index in [1.54, 1.807) is 0 Å². The molecule has 3 rings (SSSR count). The lowest BCUT2D eigenvalue weighted by molar-refractivity contribution is 0.508. The normalized spacial score (nSPS) is 15.5. The Morgan fingerprint density at radius 3 is 2.53 bits per heavy atom. The Labute approximate surface area is 88.1 Å². The van der Waals surface area contributed by atoms with Crippen molar-refractivity contribution in [3.63, 3.8) is 0 Å². The molecule has 1 heterocycles. The average molecular weight is 200 g/mol. The van der Waals surface area contributed by atoms with Gasteiger partial charge in [-0.2, -0.15) is 0 Å². The smallest absolute Gasteiger partial charge is 0.247 e. The molecule has 1 aliphatic rings. The van der Waals surface area contributed by atoms with E-state index in [4.69, 9.17) is 4.42 Å². The molecule has 0 radical (unpaired) electrons. The highest BCUT2D eigenvalue weighted by atomic mass is 16.4. The molecular weight excluding hydrogens is 188 g/mol. The summed E-state index contributed by atoms with van der Waals surface area (Å²) in [6.45, 7) is 2.06. The second-order valence-corrected chi connectivity index (χ2v) is 4.09. The monoisotopic (exact) mass is 200 g/mol. The van der Waals surface area contributed by atoms with E-state index in [0.717, 1.165) is 11.5 Å². The summed E-state index contributed by atoms with van der Waals surface area (Å²) in [6, 6.07) is 8.13. The van der Waals surface area contributed by atoms with Gasteiger partial charge in [0, 0.05) is 11.5 Å². The van der Waals surface area contributed by atoms with Crippen molar-refractivity contribution in [2.75, 3.05) is 0 Å². The minimum Gasteiger partial charge on any atom is -0.420 e. The summed E-state index contributed by atoms with van der Waals surface area (Å²) in [5.74, 6) is 1.96. The van der Waals surface area contributed by atoms with E-state index in [2.05, 4.69) is 29.3 Å². The van der Waals surface area contributed by atoms with Crippen molar-refractivity contribution in [2.45, 2.75) is 25.7 Å². The van der Waals surface area contributed by atoms with Gasteiger partial charge in [0.2, 0.25) is 11.8 Å². The lowest BCUT2D eigenvalue weighted by Gasteiger charge is -1.94. The molecule has 1 saturated carbocycles. The van der Waals surface area contributed by atoms with Crippen LogP contribution in [0.25, 0.3) is 11.5 Å². The molecule has 1 aromatic carbocycles. The first kappa shape index (κ1) is 8.65. The van der Waals surface area contributed by atoms with Crippen LogP contribution in [0, 0.1) is 6.92 Å². The summed E-state index contributed by atoms with van der Waals surface area (Å²) < 4.78 is 5.61. The summed E-state index contributed by atoms with van der Waals surface area (Å²) in [5.41, 5.74) is 2.24. The molecule has 76 valence electrons. The van der Waals surface area contributed by atoms with E-state index in [9.17, 15) is 0 Å². The maximum Gasteiger partial charge on any atom is 0.247 e. The van der Waals surface area contributed by atoms with Crippen molar-refractivity contribution >= 4 is 0 Å². The van der Waals surface area contributed by atoms with E-state index < -0.39 is 0 Å². The van der Waals surface area contributed by atoms with Gasteiger partial charge in [-0.3, -0.25) is 0 Å². The molecule has 1 fully saturated rings. The van der Waals surface area contributed by atoms with Crippen LogP contribution in [0.4, 0.5) is 0 Å². The van der Waals surface area contributed by atoms with Crippen molar-refractivity contribution in [2.24, 2.45) is 0 Å². The third-order valence-electron chi connectivity index (χ3n) is 2.67. The van der Waals surface area contributed by atoms with E-state index in [0.29, 0.717) is 11.8 Å². The fourth-order valence-electron chi connectivity index (χ4n) is 1.54.